The van der Waals surface area contributed by atoms with E-state index in [1.807, 2.05) is 25.1 Å². The standard InChI is InChI=1S/C16H16N2O2/c1-12(4-9-15-3-2-10-20-15)18-16(19)14-7-5-13(11-17)6-8-14/h2-3,5-8,10,12H,4,9H2,1H3,(H,18,19)/t12-/m0/s1. The Labute approximate surface area is 118 Å². The lowest BCUT2D eigenvalue weighted by molar-refractivity contribution is 0.0938. The van der Waals surface area contributed by atoms with Gasteiger partial charge >= 0.3 is 0 Å². The van der Waals surface area contributed by atoms with Crippen molar-refractivity contribution in [1.29, 1.82) is 5.26 Å². The lowest BCUT2D eigenvalue weighted by Crippen LogP contribution is -2.32. The van der Waals surface area contributed by atoms with Gasteiger partial charge in [-0.05, 0) is 49.7 Å². The van der Waals surface area contributed by atoms with Crippen LogP contribution in [-0.4, -0.2) is 11.9 Å². The molecule has 0 spiro atoms. The molecule has 4 heteroatoms. The fourth-order valence-corrected chi connectivity index (χ4v) is 1.89. The van der Waals surface area contributed by atoms with Gasteiger partial charge in [-0.2, -0.15) is 5.26 Å². The van der Waals surface area contributed by atoms with Crippen molar-refractivity contribution >= 4 is 5.91 Å². The van der Waals surface area contributed by atoms with Crippen LogP contribution >= 0.6 is 0 Å². The maximum atomic E-state index is 12.0. The van der Waals surface area contributed by atoms with Crippen molar-refractivity contribution in [3.63, 3.8) is 0 Å². The highest BCUT2D eigenvalue weighted by molar-refractivity contribution is 5.94. The van der Waals surface area contributed by atoms with E-state index in [2.05, 4.69) is 5.32 Å². The average Bonchev–Trinajstić information content (AvgIpc) is 2.98. The average molecular weight is 268 g/mol. The van der Waals surface area contributed by atoms with Gasteiger partial charge in [0.15, 0.2) is 0 Å². The summed E-state index contributed by atoms with van der Waals surface area (Å²) in [6.45, 7) is 1.96. The van der Waals surface area contributed by atoms with Crippen molar-refractivity contribution in [2.75, 3.05) is 0 Å². The minimum atomic E-state index is -0.124. The molecule has 102 valence electrons. The lowest BCUT2D eigenvalue weighted by Gasteiger charge is -2.13. The van der Waals surface area contributed by atoms with Crippen molar-refractivity contribution in [2.45, 2.75) is 25.8 Å². The Hall–Kier alpha value is -2.54. The van der Waals surface area contributed by atoms with E-state index in [4.69, 9.17) is 9.68 Å². The molecule has 2 rings (SSSR count). The molecule has 0 bridgehead atoms. The van der Waals surface area contributed by atoms with Crippen LogP contribution in [0.5, 0.6) is 0 Å². The quantitative estimate of drug-likeness (QED) is 0.906. The van der Waals surface area contributed by atoms with Gasteiger partial charge in [-0.3, -0.25) is 4.79 Å². The molecule has 0 fully saturated rings. The number of hydrogen-bond donors (Lipinski definition) is 1. The summed E-state index contributed by atoms with van der Waals surface area (Å²) >= 11 is 0. The number of nitrogens with one attached hydrogen (secondary N) is 1. The molecule has 1 N–H and O–H groups in total. The number of hydrogen-bond acceptors (Lipinski definition) is 3. The molecular weight excluding hydrogens is 252 g/mol. The maximum Gasteiger partial charge on any atom is 0.251 e. The van der Waals surface area contributed by atoms with Crippen molar-refractivity contribution in [2.24, 2.45) is 0 Å². The van der Waals surface area contributed by atoms with Gasteiger partial charge in [0.25, 0.3) is 5.91 Å². The van der Waals surface area contributed by atoms with E-state index in [1.54, 1.807) is 30.5 Å². The molecule has 0 aliphatic rings. The zero-order chi connectivity index (χ0) is 14.4. The van der Waals surface area contributed by atoms with Gasteiger partial charge in [0, 0.05) is 18.0 Å². The molecule has 0 radical (unpaired) electrons. The van der Waals surface area contributed by atoms with Gasteiger partial charge in [0.1, 0.15) is 5.76 Å². The second-order valence-corrected chi connectivity index (χ2v) is 4.68. The van der Waals surface area contributed by atoms with Crippen LogP contribution < -0.4 is 5.32 Å². The van der Waals surface area contributed by atoms with E-state index in [9.17, 15) is 4.79 Å². The first kappa shape index (κ1) is 13.9. The molecule has 2 aromatic rings. The summed E-state index contributed by atoms with van der Waals surface area (Å²) in [5, 5.41) is 11.6. The predicted octanol–water partition coefficient (Wildman–Crippen LogP) is 2.90. The number of rotatable bonds is 5. The second kappa shape index (κ2) is 6.58. The molecule has 1 atom stereocenters. The van der Waals surface area contributed by atoms with Crippen LogP contribution in [0.3, 0.4) is 0 Å². The van der Waals surface area contributed by atoms with Crippen LogP contribution in [0.25, 0.3) is 0 Å². The summed E-state index contributed by atoms with van der Waals surface area (Å²) in [6.07, 6.45) is 3.26. The van der Waals surface area contributed by atoms with E-state index in [1.165, 1.54) is 0 Å². The van der Waals surface area contributed by atoms with Gasteiger partial charge in [-0.25, -0.2) is 0 Å². The number of amides is 1. The number of aryl methyl sites for hydroxylation is 1. The van der Waals surface area contributed by atoms with E-state index < -0.39 is 0 Å². The molecule has 0 aliphatic carbocycles. The zero-order valence-corrected chi connectivity index (χ0v) is 11.3. The third-order valence-electron chi connectivity index (χ3n) is 3.06. The number of nitrogens with zero attached hydrogens (tertiary/aromatic N) is 1. The smallest absolute Gasteiger partial charge is 0.251 e. The highest BCUT2D eigenvalue weighted by Crippen LogP contribution is 2.07. The summed E-state index contributed by atoms with van der Waals surface area (Å²) in [5.41, 5.74) is 1.11. The zero-order valence-electron chi connectivity index (χ0n) is 11.3. The fourth-order valence-electron chi connectivity index (χ4n) is 1.89. The summed E-state index contributed by atoms with van der Waals surface area (Å²) in [7, 11) is 0. The molecule has 20 heavy (non-hydrogen) atoms. The maximum absolute atomic E-state index is 12.0. The first-order valence-electron chi connectivity index (χ1n) is 6.52. The summed E-state index contributed by atoms with van der Waals surface area (Å²) in [5.74, 6) is 0.797. The minimum Gasteiger partial charge on any atom is -0.469 e. The molecular formula is C16H16N2O2. The van der Waals surface area contributed by atoms with Crippen LogP contribution in [0, 0.1) is 11.3 Å². The number of carbonyl (C=O) groups is 1. The third kappa shape index (κ3) is 3.72. The largest absolute Gasteiger partial charge is 0.469 e. The highest BCUT2D eigenvalue weighted by Gasteiger charge is 2.10. The molecule has 1 aromatic heterocycles. The van der Waals surface area contributed by atoms with Gasteiger partial charge < -0.3 is 9.73 Å². The molecule has 0 aliphatic heterocycles. The van der Waals surface area contributed by atoms with E-state index in [0.717, 1.165) is 18.6 Å². The first-order chi connectivity index (χ1) is 9.69. The Balaban J connectivity index is 1.85. The van der Waals surface area contributed by atoms with E-state index in [-0.39, 0.29) is 11.9 Å². The van der Waals surface area contributed by atoms with Crippen LogP contribution in [0.2, 0.25) is 0 Å². The number of carbonyl (C=O) groups excluding carboxylic acids is 1. The van der Waals surface area contributed by atoms with Crippen molar-refractivity contribution in [1.82, 2.24) is 5.32 Å². The Kier molecular flexibility index (Phi) is 4.56. The number of furan rings is 1. The van der Waals surface area contributed by atoms with Gasteiger partial charge in [-0.1, -0.05) is 0 Å². The van der Waals surface area contributed by atoms with E-state index >= 15 is 0 Å². The highest BCUT2D eigenvalue weighted by atomic mass is 16.3. The molecule has 1 heterocycles. The first-order valence-corrected chi connectivity index (χ1v) is 6.52. The monoisotopic (exact) mass is 268 g/mol. The molecule has 0 unspecified atom stereocenters. The number of nitriles is 1. The minimum absolute atomic E-state index is 0.0586. The van der Waals surface area contributed by atoms with Crippen LogP contribution in [-0.2, 0) is 6.42 Å². The fraction of sp³-hybridized carbons (Fsp3) is 0.250. The van der Waals surface area contributed by atoms with Gasteiger partial charge in [0.05, 0.1) is 17.9 Å². The van der Waals surface area contributed by atoms with E-state index in [0.29, 0.717) is 11.1 Å². The molecule has 0 saturated heterocycles. The second-order valence-electron chi connectivity index (χ2n) is 4.68. The van der Waals surface area contributed by atoms with Crippen molar-refractivity contribution < 1.29 is 9.21 Å². The Bertz CT molecular complexity index is 594. The van der Waals surface area contributed by atoms with Crippen LogP contribution in [0.1, 0.15) is 35.0 Å². The van der Waals surface area contributed by atoms with Crippen LogP contribution in [0.15, 0.2) is 47.1 Å². The molecule has 4 nitrogen and oxygen atoms in total. The topological polar surface area (TPSA) is 66.0 Å². The van der Waals surface area contributed by atoms with Crippen molar-refractivity contribution in [3.8, 4) is 6.07 Å². The Morgan fingerprint density at radius 2 is 2.10 bits per heavy atom. The Morgan fingerprint density at radius 1 is 1.35 bits per heavy atom. The van der Waals surface area contributed by atoms with Gasteiger partial charge in [-0.15, -0.1) is 0 Å². The summed E-state index contributed by atoms with van der Waals surface area (Å²) in [6, 6.07) is 12.5. The van der Waals surface area contributed by atoms with Gasteiger partial charge in [0.2, 0.25) is 0 Å². The normalized spacial score (nSPS) is 11.6. The summed E-state index contributed by atoms with van der Waals surface area (Å²) in [4.78, 5) is 12.0. The summed E-state index contributed by atoms with van der Waals surface area (Å²) < 4.78 is 5.26. The Morgan fingerprint density at radius 3 is 2.70 bits per heavy atom. The third-order valence-corrected chi connectivity index (χ3v) is 3.06. The molecule has 1 aromatic carbocycles. The SMILES string of the molecule is C[C@@H](CCc1ccco1)NC(=O)c1ccc(C#N)cc1. The lowest BCUT2D eigenvalue weighted by atomic mass is 10.1. The number of benzene rings is 1. The van der Waals surface area contributed by atoms with Crippen molar-refractivity contribution in [3.05, 3.63) is 59.5 Å². The van der Waals surface area contributed by atoms with Crippen LogP contribution in [0.4, 0.5) is 0 Å². The molecule has 0 saturated carbocycles. The predicted molar refractivity (Wildman–Crippen MR) is 75.1 cm³/mol. The molecule has 1 amide bonds.